The number of hydrogen-bond donors (Lipinski definition) is 0. The van der Waals surface area contributed by atoms with Gasteiger partial charge in [0, 0.05) is 44.1 Å². The van der Waals surface area contributed by atoms with Gasteiger partial charge in [0.25, 0.3) is 0 Å². The van der Waals surface area contributed by atoms with Crippen LogP contribution in [0.1, 0.15) is 23.4 Å². The van der Waals surface area contributed by atoms with E-state index in [1.54, 1.807) is 24.5 Å². The lowest BCUT2D eigenvalue weighted by Crippen LogP contribution is -2.35. The quantitative estimate of drug-likeness (QED) is 0.872. The minimum absolute atomic E-state index is 0.325. The highest BCUT2D eigenvalue weighted by atomic mass is 32.1. The summed E-state index contributed by atoms with van der Waals surface area (Å²) in [7, 11) is 1.74. The van der Waals surface area contributed by atoms with Crippen LogP contribution in [0.2, 0.25) is 0 Å². The molecule has 0 radical (unpaired) electrons. The Morgan fingerprint density at radius 3 is 2.90 bits per heavy atom. The highest BCUT2D eigenvalue weighted by Gasteiger charge is 2.37. The Hall–Kier alpha value is -1.74. The number of hydrogen-bond acceptors (Lipinski definition) is 5. The van der Waals surface area contributed by atoms with Crippen LogP contribution in [0.15, 0.2) is 29.6 Å². The van der Waals surface area contributed by atoms with Gasteiger partial charge in [0.15, 0.2) is 0 Å². The van der Waals surface area contributed by atoms with Gasteiger partial charge >= 0.3 is 0 Å². The topological polar surface area (TPSA) is 55.1 Å². The van der Waals surface area contributed by atoms with E-state index in [-0.39, 0.29) is 5.60 Å². The number of thiazole rings is 1. The maximum atomic E-state index is 9.00. The maximum absolute atomic E-state index is 9.00. The van der Waals surface area contributed by atoms with E-state index in [1.165, 1.54) is 0 Å². The molecule has 21 heavy (non-hydrogen) atoms. The molecule has 2 heterocycles. The normalized spacial score (nSPS) is 17.3. The molecule has 0 saturated carbocycles. The minimum atomic E-state index is -0.325. The summed E-state index contributed by atoms with van der Waals surface area (Å²) in [5.74, 6) is 0. The van der Waals surface area contributed by atoms with Crippen molar-refractivity contribution in [2.24, 2.45) is 0 Å². The molecular weight excluding hydrogens is 284 g/mol. The predicted octanol–water partition coefficient (Wildman–Crippen LogP) is 3.33. The fourth-order valence-corrected chi connectivity index (χ4v) is 3.64. The first kappa shape index (κ1) is 14.2. The predicted molar refractivity (Wildman–Crippen MR) is 81.0 cm³/mol. The van der Waals surface area contributed by atoms with Gasteiger partial charge < -0.3 is 9.47 Å². The Bertz CT molecular complexity index is 669. The van der Waals surface area contributed by atoms with Gasteiger partial charge in [0.2, 0.25) is 0 Å². The number of benzene rings is 1. The van der Waals surface area contributed by atoms with Crippen molar-refractivity contribution >= 4 is 11.3 Å². The molecule has 1 aromatic carbocycles. The molecule has 2 aromatic rings. The molecule has 4 nitrogen and oxygen atoms in total. The van der Waals surface area contributed by atoms with Crippen molar-refractivity contribution in [1.82, 2.24) is 4.98 Å². The highest BCUT2D eigenvalue weighted by molar-refractivity contribution is 7.10. The lowest BCUT2D eigenvalue weighted by Gasteiger charge is -2.33. The Morgan fingerprint density at radius 1 is 1.38 bits per heavy atom. The third-order valence-corrected chi connectivity index (χ3v) is 4.90. The van der Waals surface area contributed by atoms with Gasteiger partial charge in [0.1, 0.15) is 10.6 Å². The van der Waals surface area contributed by atoms with Crippen molar-refractivity contribution in [3.63, 3.8) is 0 Å². The average molecular weight is 300 g/mol. The fraction of sp³-hybridized carbons (Fsp3) is 0.375. The molecule has 5 heteroatoms. The van der Waals surface area contributed by atoms with Crippen LogP contribution < -0.4 is 0 Å². The third-order valence-electron chi connectivity index (χ3n) is 3.87. The van der Waals surface area contributed by atoms with Crippen molar-refractivity contribution in [2.45, 2.75) is 18.4 Å². The summed E-state index contributed by atoms with van der Waals surface area (Å²) in [4.78, 5) is 4.75. The molecule has 0 spiro atoms. The molecule has 0 atom stereocenters. The van der Waals surface area contributed by atoms with Crippen LogP contribution in [0.4, 0.5) is 0 Å². The van der Waals surface area contributed by atoms with Crippen LogP contribution in [0.5, 0.6) is 0 Å². The third kappa shape index (κ3) is 2.70. The van der Waals surface area contributed by atoms with Gasteiger partial charge in [-0.3, -0.25) is 0 Å². The summed E-state index contributed by atoms with van der Waals surface area (Å²) in [5.41, 5.74) is 2.19. The lowest BCUT2D eigenvalue weighted by atomic mass is 9.95. The van der Waals surface area contributed by atoms with E-state index >= 15 is 0 Å². The zero-order chi connectivity index (χ0) is 14.7. The molecule has 1 aliphatic rings. The van der Waals surface area contributed by atoms with E-state index in [9.17, 15) is 0 Å². The second-order valence-electron chi connectivity index (χ2n) is 5.04. The molecule has 108 valence electrons. The van der Waals surface area contributed by atoms with E-state index in [4.69, 9.17) is 19.7 Å². The first-order chi connectivity index (χ1) is 10.3. The Balaban J connectivity index is 1.94. The number of nitrogens with zero attached hydrogens (tertiary/aromatic N) is 2. The molecule has 3 rings (SSSR count). The molecule has 1 aromatic heterocycles. The second-order valence-corrected chi connectivity index (χ2v) is 5.90. The van der Waals surface area contributed by atoms with E-state index in [2.05, 4.69) is 6.07 Å². The van der Waals surface area contributed by atoms with E-state index < -0.39 is 0 Å². The lowest BCUT2D eigenvalue weighted by molar-refractivity contribution is -0.0947. The van der Waals surface area contributed by atoms with Crippen LogP contribution in [0.25, 0.3) is 11.3 Å². The maximum Gasteiger partial charge on any atom is 0.125 e. The smallest absolute Gasteiger partial charge is 0.125 e. The van der Waals surface area contributed by atoms with Gasteiger partial charge in [-0.05, 0) is 12.1 Å². The molecule has 1 saturated heterocycles. The average Bonchev–Trinajstić information content (AvgIpc) is 3.06. The number of aromatic nitrogens is 1. The number of methoxy groups -OCH3 is 1. The molecule has 0 N–H and O–H groups in total. The van der Waals surface area contributed by atoms with Gasteiger partial charge in [-0.2, -0.15) is 5.26 Å². The minimum Gasteiger partial charge on any atom is -0.381 e. The first-order valence-electron chi connectivity index (χ1n) is 6.87. The van der Waals surface area contributed by atoms with Crippen LogP contribution in [0.3, 0.4) is 0 Å². The van der Waals surface area contributed by atoms with Crippen LogP contribution in [-0.4, -0.2) is 25.3 Å². The number of rotatable bonds is 3. The van der Waals surface area contributed by atoms with Gasteiger partial charge in [-0.15, -0.1) is 11.3 Å². The van der Waals surface area contributed by atoms with Crippen molar-refractivity contribution < 1.29 is 9.47 Å². The van der Waals surface area contributed by atoms with Crippen molar-refractivity contribution in [2.75, 3.05) is 20.3 Å². The van der Waals surface area contributed by atoms with Crippen molar-refractivity contribution in [3.05, 3.63) is 40.2 Å². The van der Waals surface area contributed by atoms with Crippen molar-refractivity contribution in [3.8, 4) is 17.3 Å². The molecule has 0 amide bonds. The highest BCUT2D eigenvalue weighted by Crippen LogP contribution is 2.38. The largest absolute Gasteiger partial charge is 0.381 e. The zero-order valence-corrected chi connectivity index (χ0v) is 12.7. The van der Waals surface area contributed by atoms with Crippen LogP contribution in [-0.2, 0) is 15.1 Å². The summed E-state index contributed by atoms with van der Waals surface area (Å²) in [6.07, 6.45) is 1.66. The van der Waals surface area contributed by atoms with Crippen LogP contribution in [0, 0.1) is 11.3 Å². The molecular formula is C16H16N2O2S. The standard InChI is InChI=1S/C16H16N2O2S/c1-19-16(5-7-20-8-6-16)15-18-14(11-21-15)13-4-2-3-12(9-13)10-17/h2-4,9,11H,5-8H2,1H3. The van der Waals surface area contributed by atoms with Gasteiger partial charge in [0.05, 0.1) is 17.3 Å². The second kappa shape index (κ2) is 5.94. The summed E-state index contributed by atoms with van der Waals surface area (Å²) in [6, 6.07) is 9.68. The summed E-state index contributed by atoms with van der Waals surface area (Å²) >= 11 is 1.61. The van der Waals surface area contributed by atoms with E-state index in [1.807, 2.05) is 23.6 Å². The SMILES string of the molecule is COC1(c2nc(-c3cccc(C#N)c3)cs2)CCOCC1. The monoisotopic (exact) mass is 300 g/mol. The number of nitriles is 1. The zero-order valence-electron chi connectivity index (χ0n) is 11.8. The van der Waals surface area contributed by atoms with Gasteiger partial charge in [-0.1, -0.05) is 12.1 Å². The summed E-state index contributed by atoms with van der Waals surface area (Å²) < 4.78 is 11.2. The summed E-state index contributed by atoms with van der Waals surface area (Å²) in [6.45, 7) is 1.40. The molecule has 0 unspecified atom stereocenters. The Labute approximate surface area is 128 Å². The Morgan fingerprint density at radius 2 is 2.19 bits per heavy atom. The van der Waals surface area contributed by atoms with E-state index in [0.29, 0.717) is 18.8 Å². The fourth-order valence-electron chi connectivity index (χ4n) is 2.57. The Kier molecular flexibility index (Phi) is 4.02. The van der Waals surface area contributed by atoms with Crippen LogP contribution >= 0.6 is 11.3 Å². The number of ether oxygens (including phenoxy) is 2. The summed E-state index contributed by atoms with van der Waals surface area (Å²) in [5, 5.41) is 12.0. The van der Waals surface area contributed by atoms with E-state index in [0.717, 1.165) is 29.1 Å². The molecule has 1 aliphatic heterocycles. The molecule has 1 fully saturated rings. The first-order valence-corrected chi connectivity index (χ1v) is 7.75. The van der Waals surface area contributed by atoms with Gasteiger partial charge in [-0.25, -0.2) is 4.98 Å². The van der Waals surface area contributed by atoms with Crippen molar-refractivity contribution in [1.29, 1.82) is 5.26 Å². The molecule has 0 bridgehead atoms. The molecule has 0 aliphatic carbocycles.